The lowest BCUT2D eigenvalue weighted by Gasteiger charge is -2.46. The summed E-state index contributed by atoms with van der Waals surface area (Å²) in [6, 6.07) is 10.3. The molecule has 8 rings (SSSR count). The highest BCUT2D eigenvalue weighted by molar-refractivity contribution is 6.11. The van der Waals surface area contributed by atoms with Crippen LogP contribution in [0.4, 0.5) is 0 Å². The van der Waals surface area contributed by atoms with E-state index in [9.17, 15) is 39.0 Å². The van der Waals surface area contributed by atoms with Crippen LogP contribution >= 0.6 is 0 Å². The number of aliphatic carboxylic acids is 2. The summed E-state index contributed by atoms with van der Waals surface area (Å²) in [5.41, 5.74) is 3.44. The summed E-state index contributed by atoms with van der Waals surface area (Å²) in [6.07, 6.45) is 14.9. The Bertz CT molecular complexity index is 2070. The van der Waals surface area contributed by atoms with Gasteiger partial charge in [-0.1, -0.05) is 24.3 Å². The van der Waals surface area contributed by atoms with Crippen LogP contribution in [0.25, 0.3) is 12.2 Å². The van der Waals surface area contributed by atoms with E-state index in [-0.39, 0.29) is 47.1 Å². The van der Waals surface area contributed by atoms with Gasteiger partial charge in [-0.25, -0.2) is 9.59 Å². The van der Waals surface area contributed by atoms with Crippen LogP contribution in [0, 0.1) is 0 Å². The third kappa shape index (κ3) is 8.89. The number of pyridine rings is 2. The van der Waals surface area contributed by atoms with Crippen LogP contribution < -0.4 is 0 Å². The lowest BCUT2D eigenvalue weighted by molar-refractivity contribution is -0.144. The molecular formula is C44H48N8O8. The van der Waals surface area contributed by atoms with Gasteiger partial charge in [0.05, 0.1) is 23.5 Å². The van der Waals surface area contributed by atoms with E-state index in [0.717, 1.165) is 26.2 Å². The Kier molecular flexibility index (Phi) is 12.6. The van der Waals surface area contributed by atoms with Crippen molar-refractivity contribution in [2.45, 2.75) is 37.8 Å². The highest BCUT2D eigenvalue weighted by Crippen LogP contribution is 2.42. The van der Waals surface area contributed by atoms with Crippen molar-refractivity contribution in [1.82, 2.24) is 39.4 Å². The molecule has 312 valence electrons. The van der Waals surface area contributed by atoms with E-state index in [1.807, 2.05) is 26.2 Å². The molecule has 0 aromatic carbocycles. The Morgan fingerprint density at radius 3 is 1.32 bits per heavy atom. The number of rotatable bonds is 8. The number of hydrogen-bond donors (Lipinski definition) is 2. The van der Waals surface area contributed by atoms with Crippen LogP contribution in [0.5, 0.6) is 0 Å². The zero-order valence-electron chi connectivity index (χ0n) is 33.6. The second kappa shape index (κ2) is 18.2. The highest BCUT2D eigenvalue weighted by atomic mass is 16.4. The largest absolute Gasteiger partial charge is 0.477 e. The Hall–Kier alpha value is -6.52. The predicted octanol–water partition coefficient (Wildman–Crippen LogP) is 2.28. The van der Waals surface area contributed by atoms with E-state index >= 15 is 0 Å². The van der Waals surface area contributed by atoms with Gasteiger partial charge < -0.3 is 29.8 Å². The molecule has 2 atom stereocenters. The zero-order valence-corrected chi connectivity index (χ0v) is 33.6. The van der Waals surface area contributed by atoms with Crippen LogP contribution in [-0.4, -0.2) is 164 Å². The Balaban J connectivity index is 0.000000181. The first-order valence-corrected chi connectivity index (χ1v) is 20.1. The number of piperazine rings is 2. The molecule has 4 fully saturated rings. The van der Waals surface area contributed by atoms with Crippen molar-refractivity contribution < 1.29 is 39.0 Å². The van der Waals surface area contributed by atoms with Crippen molar-refractivity contribution in [2.75, 3.05) is 66.5 Å². The van der Waals surface area contributed by atoms with Gasteiger partial charge in [-0.2, -0.15) is 0 Å². The molecule has 0 bridgehead atoms. The first kappa shape index (κ1) is 41.6. The first-order chi connectivity index (χ1) is 28.9. The molecule has 4 saturated heterocycles. The molecule has 0 spiro atoms. The fourth-order valence-electron chi connectivity index (χ4n) is 8.18. The van der Waals surface area contributed by atoms with Crippen molar-refractivity contribution in [2.24, 2.45) is 0 Å². The number of β-lactam (4-membered cyclic amide) rings is 2. The molecular weight excluding hydrogens is 769 g/mol. The molecule has 0 aliphatic carbocycles. The topological polar surface area (TPSA) is 188 Å². The minimum atomic E-state index is -1.16. The van der Waals surface area contributed by atoms with Crippen LogP contribution in [0.2, 0.25) is 0 Å². The number of allylic oxidation sites excluding steroid dienone is 4. The predicted molar refractivity (Wildman–Crippen MR) is 220 cm³/mol. The summed E-state index contributed by atoms with van der Waals surface area (Å²) < 4.78 is 0. The number of carboxylic acid groups (broad SMARTS) is 2. The van der Waals surface area contributed by atoms with E-state index in [1.54, 1.807) is 70.8 Å². The molecule has 16 nitrogen and oxygen atoms in total. The Morgan fingerprint density at radius 2 is 0.983 bits per heavy atom. The maximum Gasteiger partial charge on any atom is 0.352 e. The van der Waals surface area contributed by atoms with Crippen molar-refractivity contribution in [3.8, 4) is 0 Å². The monoisotopic (exact) mass is 816 g/mol. The standard InChI is InChI=1S/2C22H24N4O4/c2*1-24-10-12-25(13-11-24)19(27)8-6-15-5-7-18-17(14-16-4-2-3-9-23-16)21(28)26(18)20(15)22(29)30/h2*2-4,6,8-9,14,18H,5,7,10-13H2,1H3,(H,29,30)/b8-6+,17-14+;8-6-,17-14+. The number of fused-ring (bicyclic) bond motifs is 2. The minimum absolute atomic E-state index is 0.0307. The van der Waals surface area contributed by atoms with Gasteiger partial charge >= 0.3 is 11.9 Å². The molecule has 2 aromatic heterocycles. The molecule has 16 heteroatoms. The summed E-state index contributed by atoms with van der Waals surface area (Å²) in [6.45, 7) is 5.88. The van der Waals surface area contributed by atoms with Crippen molar-refractivity contribution in [1.29, 1.82) is 0 Å². The summed E-state index contributed by atoms with van der Waals surface area (Å²) in [7, 11) is 4.03. The van der Waals surface area contributed by atoms with Gasteiger partial charge in [0.1, 0.15) is 11.4 Å². The average Bonchev–Trinajstić information content (AvgIpc) is 3.26. The van der Waals surface area contributed by atoms with Gasteiger partial charge in [-0.3, -0.25) is 38.9 Å². The number of carbonyl (C=O) groups is 6. The molecule has 60 heavy (non-hydrogen) atoms. The number of carbonyl (C=O) groups excluding carboxylic acids is 4. The molecule has 6 aliphatic rings. The Morgan fingerprint density at radius 1 is 0.600 bits per heavy atom. The lowest BCUT2D eigenvalue weighted by atomic mass is 9.82. The third-order valence-electron chi connectivity index (χ3n) is 11.6. The fraction of sp³-hybridized carbons (Fsp3) is 0.364. The minimum Gasteiger partial charge on any atom is -0.477 e. The number of nitrogens with zero attached hydrogens (tertiary/aromatic N) is 8. The maximum atomic E-state index is 12.7. The SMILES string of the molecule is CN1CCN(C(=O)/C=C/C2=C(C(=O)O)N3C(=O)/C(=C/c4ccccn4)C3CC2)CC1.CN1CCN(C(=O)/C=C\C2=C(C(=O)O)N3C(=O)/C(=C/c4ccccn4)C3CC2)CC1. The fourth-order valence-corrected chi connectivity index (χ4v) is 8.18. The number of aromatic nitrogens is 2. The van der Waals surface area contributed by atoms with Crippen molar-refractivity contribution >= 4 is 47.7 Å². The van der Waals surface area contributed by atoms with E-state index in [1.165, 1.54) is 22.0 Å². The van der Waals surface area contributed by atoms with Gasteiger partial charge in [0.25, 0.3) is 11.8 Å². The second-order valence-corrected chi connectivity index (χ2v) is 15.4. The van der Waals surface area contributed by atoms with Gasteiger partial charge in [0.2, 0.25) is 11.8 Å². The quantitative estimate of drug-likeness (QED) is 0.293. The molecule has 2 aromatic rings. The van der Waals surface area contributed by atoms with Gasteiger partial charge in [-0.15, -0.1) is 0 Å². The molecule has 6 aliphatic heterocycles. The number of hydrogen-bond acceptors (Lipinski definition) is 10. The maximum absolute atomic E-state index is 12.7. The molecule has 0 saturated carbocycles. The molecule has 4 amide bonds. The zero-order chi connectivity index (χ0) is 42.5. The highest BCUT2D eigenvalue weighted by Gasteiger charge is 2.49. The van der Waals surface area contributed by atoms with E-state index in [2.05, 4.69) is 19.8 Å². The summed E-state index contributed by atoms with van der Waals surface area (Å²) in [4.78, 5) is 93.1. The van der Waals surface area contributed by atoms with E-state index < -0.39 is 11.9 Å². The van der Waals surface area contributed by atoms with Gasteiger partial charge in [-0.05, 0) is 87.3 Å². The first-order valence-electron chi connectivity index (χ1n) is 20.1. The smallest absolute Gasteiger partial charge is 0.352 e. The number of amides is 4. The normalized spacial score (nSPS) is 23.7. The summed E-state index contributed by atoms with van der Waals surface area (Å²) >= 11 is 0. The van der Waals surface area contributed by atoms with Crippen LogP contribution in [0.15, 0.2) is 107 Å². The lowest BCUT2D eigenvalue weighted by Crippen LogP contribution is -2.57. The van der Waals surface area contributed by atoms with Crippen molar-refractivity contribution in [3.63, 3.8) is 0 Å². The molecule has 2 N–H and O–H groups in total. The Labute approximate surface area is 347 Å². The molecule has 0 radical (unpaired) electrons. The summed E-state index contributed by atoms with van der Waals surface area (Å²) in [5.74, 6) is -3.22. The third-order valence-corrected chi connectivity index (χ3v) is 11.6. The number of carboxylic acids is 2. The second-order valence-electron chi connectivity index (χ2n) is 15.4. The molecule has 8 heterocycles. The van der Waals surface area contributed by atoms with Crippen molar-refractivity contribution in [3.05, 3.63) is 118 Å². The average molecular weight is 817 g/mol. The number of likely N-dealkylation sites (N-methyl/N-ethyl adjacent to an activating group) is 2. The van der Waals surface area contributed by atoms with Crippen LogP contribution in [0.1, 0.15) is 37.1 Å². The summed E-state index contributed by atoms with van der Waals surface area (Å²) in [5, 5.41) is 19.5. The van der Waals surface area contributed by atoms with E-state index in [0.29, 0.717) is 85.5 Å². The van der Waals surface area contributed by atoms with Gasteiger partial charge in [0.15, 0.2) is 0 Å². The van der Waals surface area contributed by atoms with Crippen LogP contribution in [-0.2, 0) is 28.8 Å². The van der Waals surface area contributed by atoms with E-state index in [4.69, 9.17) is 0 Å². The van der Waals surface area contributed by atoms with Crippen LogP contribution in [0.3, 0.4) is 0 Å². The molecule has 2 unspecified atom stereocenters. The van der Waals surface area contributed by atoms with Gasteiger partial charge in [0, 0.05) is 88.0 Å².